The van der Waals surface area contributed by atoms with Gasteiger partial charge in [0.25, 0.3) is 0 Å². The molecule has 0 saturated carbocycles. The first-order chi connectivity index (χ1) is 9.01. The van der Waals surface area contributed by atoms with Gasteiger partial charge in [0.1, 0.15) is 0 Å². The fraction of sp³-hybridized carbons (Fsp3) is 0.625. The summed E-state index contributed by atoms with van der Waals surface area (Å²) < 4.78 is 5.16. The summed E-state index contributed by atoms with van der Waals surface area (Å²) in [6, 6.07) is 10.4. The lowest BCUT2D eigenvalue weighted by Gasteiger charge is -2.36. The van der Waals surface area contributed by atoms with E-state index in [-0.39, 0.29) is 11.5 Å². The van der Waals surface area contributed by atoms with Crippen LogP contribution < -0.4 is 5.73 Å². The van der Waals surface area contributed by atoms with Crippen LogP contribution in [0.5, 0.6) is 0 Å². The average Bonchev–Trinajstić information content (AvgIpc) is 2.43. The van der Waals surface area contributed by atoms with Gasteiger partial charge in [-0.2, -0.15) is 0 Å². The standard InChI is InChI=1S/C16H28N2O/c1-5-18(11-12-19-4)13-16(2,3)15(17)14-9-7-6-8-10-14/h6-10,15H,5,11-13,17H2,1-4H3. The van der Waals surface area contributed by atoms with Crippen LogP contribution in [0.3, 0.4) is 0 Å². The van der Waals surface area contributed by atoms with Crippen molar-refractivity contribution in [3.63, 3.8) is 0 Å². The zero-order chi connectivity index (χ0) is 14.3. The highest BCUT2D eigenvalue weighted by molar-refractivity contribution is 5.20. The quantitative estimate of drug-likeness (QED) is 0.784. The van der Waals surface area contributed by atoms with E-state index in [1.54, 1.807) is 7.11 Å². The Morgan fingerprint density at radius 2 is 1.89 bits per heavy atom. The lowest BCUT2D eigenvalue weighted by molar-refractivity contribution is 0.111. The highest BCUT2D eigenvalue weighted by atomic mass is 16.5. The van der Waals surface area contributed by atoms with Crippen molar-refractivity contribution in [3.05, 3.63) is 35.9 Å². The monoisotopic (exact) mass is 264 g/mol. The zero-order valence-electron chi connectivity index (χ0n) is 12.7. The summed E-state index contributed by atoms with van der Waals surface area (Å²) in [7, 11) is 1.74. The van der Waals surface area contributed by atoms with Crippen LogP contribution in [0, 0.1) is 5.41 Å². The molecule has 0 bridgehead atoms. The molecule has 1 unspecified atom stereocenters. The van der Waals surface area contributed by atoms with Gasteiger partial charge in [-0.25, -0.2) is 0 Å². The Balaban J connectivity index is 2.68. The van der Waals surface area contributed by atoms with E-state index in [0.29, 0.717) is 0 Å². The molecule has 0 saturated heterocycles. The fourth-order valence-electron chi connectivity index (χ4n) is 2.36. The lowest BCUT2D eigenvalue weighted by Crippen LogP contribution is -2.42. The summed E-state index contributed by atoms with van der Waals surface area (Å²) >= 11 is 0. The first kappa shape index (κ1) is 16.2. The second kappa shape index (κ2) is 7.63. The molecule has 2 N–H and O–H groups in total. The Bertz CT molecular complexity index is 351. The van der Waals surface area contributed by atoms with Crippen LogP contribution in [-0.4, -0.2) is 38.3 Å². The second-order valence-electron chi connectivity index (χ2n) is 5.74. The molecule has 0 spiro atoms. The van der Waals surface area contributed by atoms with Crippen LogP contribution in [-0.2, 0) is 4.74 Å². The van der Waals surface area contributed by atoms with Gasteiger partial charge in [0.05, 0.1) is 6.61 Å². The van der Waals surface area contributed by atoms with Crippen molar-refractivity contribution in [2.24, 2.45) is 11.1 Å². The van der Waals surface area contributed by atoms with Gasteiger partial charge in [-0.3, -0.25) is 0 Å². The molecule has 0 aliphatic carbocycles. The van der Waals surface area contributed by atoms with Crippen molar-refractivity contribution >= 4 is 0 Å². The topological polar surface area (TPSA) is 38.5 Å². The summed E-state index contributed by atoms with van der Waals surface area (Å²) in [5.41, 5.74) is 7.68. The first-order valence-electron chi connectivity index (χ1n) is 7.03. The molecule has 0 aliphatic rings. The molecule has 19 heavy (non-hydrogen) atoms. The van der Waals surface area contributed by atoms with E-state index in [1.807, 2.05) is 18.2 Å². The molecule has 0 aliphatic heterocycles. The van der Waals surface area contributed by atoms with Crippen LogP contribution in [0.25, 0.3) is 0 Å². The van der Waals surface area contributed by atoms with E-state index < -0.39 is 0 Å². The maximum Gasteiger partial charge on any atom is 0.0589 e. The average molecular weight is 264 g/mol. The normalized spacial score (nSPS) is 13.8. The lowest BCUT2D eigenvalue weighted by atomic mass is 9.80. The number of ether oxygens (including phenoxy) is 1. The van der Waals surface area contributed by atoms with Gasteiger partial charge >= 0.3 is 0 Å². The molecule has 1 rings (SSSR count). The third-order valence-corrected chi connectivity index (χ3v) is 3.69. The molecule has 3 nitrogen and oxygen atoms in total. The smallest absolute Gasteiger partial charge is 0.0589 e. The van der Waals surface area contributed by atoms with Crippen LogP contribution in [0.15, 0.2) is 30.3 Å². The number of nitrogens with zero attached hydrogens (tertiary/aromatic N) is 1. The van der Waals surface area contributed by atoms with E-state index in [2.05, 4.69) is 37.8 Å². The zero-order valence-corrected chi connectivity index (χ0v) is 12.7. The Hall–Kier alpha value is -0.900. The summed E-state index contributed by atoms with van der Waals surface area (Å²) in [4.78, 5) is 2.40. The highest BCUT2D eigenvalue weighted by Crippen LogP contribution is 2.31. The van der Waals surface area contributed by atoms with Gasteiger partial charge in [-0.1, -0.05) is 51.1 Å². The molecule has 1 aromatic carbocycles. The number of methoxy groups -OCH3 is 1. The van der Waals surface area contributed by atoms with Gasteiger partial charge < -0.3 is 15.4 Å². The fourth-order valence-corrected chi connectivity index (χ4v) is 2.36. The van der Waals surface area contributed by atoms with Gasteiger partial charge in [-0.05, 0) is 17.5 Å². The minimum atomic E-state index is 0.0328. The van der Waals surface area contributed by atoms with E-state index in [1.165, 1.54) is 5.56 Å². The van der Waals surface area contributed by atoms with Crippen molar-refractivity contribution in [2.45, 2.75) is 26.8 Å². The number of rotatable bonds is 8. The Kier molecular flexibility index (Phi) is 6.49. The predicted octanol–water partition coefficient (Wildman–Crippen LogP) is 2.68. The number of hydrogen-bond donors (Lipinski definition) is 1. The predicted molar refractivity (Wildman–Crippen MR) is 81.1 cm³/mol. The van der Waals surface area contributed by atoms with Crippen molar-refractivity contribution in [1.29, 1.82) is 0 Å². The highest BCUT2D eigenvalue weighted by Gasteiger charge is 2.29. The largest absolute Gasteiger partial charge is 0.383 e. The van der Waals surface area contributed by atoms with Crippen molar-refractivity contribution in [3.8, 4) is 0 Å². The maximum atomic E-state index is 6.45. The van der Waals surface area contributed by atoms with Crippen LogP contribution in [0.4, 0.5) is 0 Å². The van der Waals surface area contributed by atoms with Crippen molar-refractivity contribution in [2.75, 3.05) is 33.4 Å². The maximum absolute atomic E-state index is 6.45. The second-order valence-corrected chi connectivity index (χ2v) is 5.74. The molecule has 1 aromatic rings. The third-order valence-electron chi connectivity index (χ3n) is 3.69. The van der Waals surface area contributed by atoms with Crippen molar-refractivity contribution in [1.82, 2.24) is 4.90 Å². The third kappa shape index (κ3) is 4.94. The summed E-state index contributed by atoms with van der Waals surface area (Å²) in [6.07, 6.45) is 0. The minimum Gasteiger partial charge on any atom is -0.383 e. The van der Waals surface area contributed by atoms with Gasteiger partial charge in [0.15, 0.2) is 0 Å². The molecule has 0 aromatic heterocycles. The molecule has 108 valence electrons. The number of hydrogen-bond acceptors (Lipinski definition) is 3. The van der Waals surface area contributed by atoms with E-state index in [0.717, 1.165) is 26.2 Å². The van der Waals surface area contributed by atoms with Crippen LogP contribution >= 0.6 is 0 Å². The van der Waals surface area contributed by atoms with Gasteiger partial charge in [0, 0.05) is 26.2 Å². The van der Waals surface area contributed by atoms with E-state index in [4.69, 9.17) is 10.5 Å². The molecule has 3 heteroatoms. The summed E-state index contributed by atoms with van der Waals surface area (Å²) in [6.45, 7) is 10.4. The molecule has 0 radical (unpaired) electrons. The van der Waals surface area contributed by atoms with Gasteiger partial charge in [0.2, 0.25) is 0 Å². The van der Waals surface area contributed by atoms with Gasteiger partial charge in [-0.15, -0.1) is 0 Å². The minimum absolute atomic E-state index is 0.0328. The molecule has 0 fully saturated rings. The number of nitrogens with two attached hydrogens (primary N) is 1. The number of likely N-dealkylation sites (N-methyl/N-ethyl adjacent to an activating group) is 1. The van der Waals surface area contributed by atoms with Crippen LogP contribution in [0.1, 0.15) is 32.4 Å². The van der Waals surface area contributed by atoms with E-state index in [9.17, 15) is 0 Å². The molecular formula is C16H28N2O. The Labute approximate surface area is 117 Å². The molecule has 0 amide bonds. The summed E-state index contributed by atoms with van der Waals surface area (Å²) in [5, 5.41) is 0. The number of benzene rings is 1. The first-order valence-corrected chi connectivity index (χ1v) is 7.03. The molecule has 1 atom stereocenters. The summed E-state index contributed by atoms with van der Waals surface area (Å²) in [5.74, 6) is 0. The molecule has 0 heterocycles. The van der Waals surface area contributed by atoms with Crippen LogP contribution in [0.2, 0.25) is 0 Å². The van der Waals surface area contributed by atoms with E-state index >= 15 is 0 Å². The molecular weight excluding hydrogens is 236 g/mol. The Morgan fingerprint density at radius 1 is 1.26 bits per heavy atom. The van der Waals surface area contributed by atoms with Crippen molar-refractivity contribution < 1.29 is 4.74 Å². The SMILES string of the molecule is CCN(CCOC)CC(C)(C)C(N)c1ccccc1. The Morgan fingerprint density at radius 3 is 2.42 bits per heavy atom.